The molecular weight excluding hydrogens is 416 g/mol. The van der Waals surface area contributed by atoms with Gasteiger partial charge in [0.25, 0.3) is 0 Å². The minimum atomic E-state index is 0.576. The number of nitrogens with zero attached hydrogens (tertiary/aromatic N) is 2. The number of nitrogens with one attached hydrogen (secondary N) is 2. The van der Waals surface area contributed by atoms with Crippen molar-refractivity contribution in [1.82, 2.24) is 19.9 Å². The number of aromatic amines is 1. The Morgan fingerprint density at radius 1 is 0.964 bits per heavy atom. The summed E-state index contributed by atoms with van der Waals surface area (Å²) in [4.78, 5) is 3.57. The van der Waals surface area contributed by atoms with E-state index in [1.807, 2.05) is 47.1 Å². The first-order chi connectivity index (χ1) is 13.8. The third-order valence-corrected chi connectivity index (χ3v) is 5.85. The summed E-state index contributed by atoms with van der Waals surface area (Å²) in [5, 5.41) is 7.99. The molecule has 4 aromatic rings. The van der Waals surface area contributed by atoms with E-state index in [0.717, 1.165) is 58.8 Å². The SMILES string of the molecule is Brc1ccc(Oc2ccc(-c3cn4ncc(C5CCNCC5)c4[nH]3)cc2)cc1. The number of fused-ring (bicyclic) bond motifs is 1. The van der Waals surface area contributed by atoms with Gasteiger partial charge in [-0.1, -0.05) is 15.9 Å². The van der Waals surface area contributed by atoms with Gasteiger partial charge in [0.1, 0.15) is 17.1 Å². The van der Waals surface area contributed by atoms with Crippen molar-refractivity contribution < 1.29 is 4.74 Å². The molecule has 0 spiro atoms. The van der Waals surface area contributed by atoms with Gasteiger partial charge in [0, 0.05) is 10.0 Å². The highest BCUT2D eigenvalue weighted by Gasteiger charge is 2.20. The third-order valence-electron chi connectivity index (χ3n) is 5.32. The van der Waals surface area contributed by atoms with Gasteiger partial charge in [-0.2, -0.15) is 5.10 Å². The summed E-state index contributed by atoms with van der Waals surface area (Å²) in [6.45, 7) is 2.16. The Hall–Kier alpha value is -2.57. The highest BCUT2D eigenvalue weighted by atomic mass is 79.9. The van der Waals surface area contributed by atoms with Crippen LogP contribution in [0.2, 0.25) is 0 Å². The second-order valence-corrected chi connectivity index (χ2v) is 8.08. The molecule has 1 aliphatic rings. The van der Waals surface area contributed by atoms with Crippen LogP contribution in [0.5, 0.6) is 11.5 Å². The van der Waals surface area contributed by atoms with Gasteiger partial charge in [-0.05, 0) is 85.9 Å². The summed E-state index contributed by atoms with van der Waals surface area (Å²) in [6, 6.07) is 16.0. The number of piperidine rings is 1. The molecule has 142 valence electrons. The van der Waals surface area contributed by atoms with Crippen LogP contribution in [0, 0.1) is 0 Å². The number of aromatic nitrogens is 3. The molecule has 5 nitrogen and oxygen atoms in total. The fraction of sp³-hybridized carbons (Fsp3) is 0.227. The monoisotopic (exact) mass is 436 g/mol. The summed E-state index contributed by atoms with van der Waals surface area (Å²) in [5.41, 5.74) is 4.61. The zero-order valence-corrected chi connectivity index (χ0v) is 16.9. The van der Waals surface area contributed by atoms with Gasteiger partial charge in [0.2, 0.25) is 0 Å². The molecular formula is C22H21BrN4O. The molecule has 2 aromatic heterocycles. The number of halogens is 1. The average molecular weight is 437 g/mol. The lowest BCUT2D eigenvalue weighted by atomic mass is 9.92. The number of imidazole rings is 1. The summed E-state index contributed by atoms with van der Waals surface area (Å²) < 4.78 is 8.91. The van der Waals surface area contributed by atoms with Crippen molar-refractivity contribution in [2.75, 3.05) is 13.1 Å². The van der Waals surface area contributed by atoms with Gasteiger partial charge < -0.3 is 15.0 Å². The maximum Gasteiger partial charge on any atom is 0.137 e. The Labute approximate surface area is 171 Å². The Morgan fingerprint density at radius 2 is 1.64 bits per heavy atom. The van der Waals surface area contributed by atoms with Gasteiger partial charge in [0.15, 0.2) is 0 Å². The minimum absolute atomic E-state index is 0.576. The van der Waals surface area contributed by atoms with Crippen LogP contribution in [0.15, 0.2) is 65.4 Å². The van der Waals surface area contributed by atoms with Crippen LogP contribution >= 0.6 is 15.9 Å². The largest absolute Gasteiger partial charge is 0.457 e. The molecule has 28 heavy (non-hydrogen) atoms. The quantitative estimate of drug-likeness (QED) is 0.453. The molecule has 0 unspecified atom stereocenters. The number of ether oxygens (including phenoxy) is 1. The van der Waals surface area contributed by atoms with Crippen LogP contribution in [0.3, 0.4) is 0 Å². The van der Waals surface area contributed by atoms with E-state index in [1.54, 1.807) is 0 Å². The number of benzene rings is 2. The van der Waals surface area contributed by atoms with Crippen molar-refractivity contribution in [3.63, 3.8) is 0 Å². The van der Waals surface area contributed by atoms with E-state index in [1.165, 1.54) is 5.56 Å². The first-order valence-corrected chi connectivity index (χ1v) is 10.4. The first kappa shape index (κ1) is 17.5. The average Bonchev–Trinajstić information content (AvgIpc) is 3.32. The third kappa shape index (κ3) is 3.45. The highest BCUT2D eigenvalue weighted by Crippen LogP contribution is 2.31. The Bertz CT molecular complexity index is 1080. The van der Waals surface area contributed by atoms with E-state index in [9.17, 15) is 0 Å². The molecule has 2 N–H and O–H groups in total. The maximum absolute atomic E-state index is 5.91. The van der Waals surface area contributed by atoms with Crippen molar-refractivity contribution >= 4 is 21.6 Å². The zero-order chi connectivity index (χ0) is 18.9. The normalized spacial score (nSPS) is 15.2. The van der Waals surface area contributed by atoms with E-state index in [-0.39, 0.29) is 0 Å². The molecule has 2 aromatic carbocycles. The van der Waals surface area contributed by atoms with E-state index in [2.05, 4.69) is 49.7 Å². The molecule has 1 aliphatic heterocycles. The van der Waals surface area contributed by atoms with Gasteiger partial charge in [-0.3, -0.25) is 0 Å². The Kier molecular flexibility index (Phi) is 4.66. The van der Waals surface area contributed by atoms with Crippen molar-refractivity contribution in [2.45, 2.75) is 18.8 Å². The fourth-order valence-corrected chi connectivity index (χ4v) is 4.07. The fourth-order valence-electron chi connectivity index (χ4n) is 3.80. The molecule has 1 fully saturated rings. The van der Waals surface area contributed by atoms with Crippen LogP contribution in [0.25, 0.3) is 16.9 Å². The van der Waals surface area contributed by atoms with E-state index < -0.39 is 0 Å². The molecule has 0 amide bonds. The minimum Gasteiger partial charge on any atom is -0.457 e. The van der Waals surface area contributed by atoms with Crippen LogP contribution < -0.4 is 10.1 Å². The lowest BCUT2D eigenvalue weighted by Gasteiger charge is -2.21. The van der Waals surface area contributed by atoms with Gasteiger partial charge in [-0.15, -0.1) is 0 Å². The highest BCUT2D eigenvalue weighted by molar-refractivity contribution is 9.10. The van der Waals surface area contributed by atoms with Crippen molar-refractivity contribution in [3.05, 3.63) is 71.0 Å². The molecule has 6 heteroatoms. The van der Waals surface area contributed by atoms with Crippen LogP contribution in [-0.2, 0) is 0 Å². The molecule has 0 radical (unpaired) electrons. The molecule has 5 rings (SSSR count). The Balaban J connectivity index is 1.37. The summed E-state index contributed by atoms with van der Waals surface area (Å²) >= 11 is 3.44. The van der Waals surface area contributed by atoms with Crippen molar-refractivity contribution in [1.29, 1.82) is 0 Å². The van der Waals surface area contributed by atoms with Gasteiger partial charge in [-0.25, -0.2) is 4.52 Å². The smallest absolute Gasteiger partial charge is 0.137 e. The van der Waals surface area contributed by atoms with E-state index in [0.29, 0.717) is 5.92 Å². The zero-order valence-electron chi connectivity index (χ0n) is 15.4. The van der Waals surface area contributed by atoms with E-state index in [4.69, 9.17) is 4.74 Å². The lowest BCUT2D eigenvalue weighted by Crippen LogP contribution is -2.26. The van der Waals surface area contributed by atoms with Crippen molar-refractivity contribution in [3.8, 4) is 22.8 Å². The topological polar surface area (TPSA) is 54.4 Å². The molecule has 1 saturated heterocycles. The molecule has 0 atom stereocenters. The van der Waals surface area contributed by atoms with E-state index >= 15 is 0 Å². The summed E-state index contributed by atoms with van der Waals surface area (Å²) in [7, 11) is 0. The summed E-state index contributed by atoms with van der Waals surface area (Å²) in [6.07, 6.45) is 6.40. The number of hydrogen-bond donors (Lipinski definition) is 2. The second kappa shape index (κ2) is 7.45. The van der Waals surface area contributed by atoms with Gasteiger partial charge in [0.05, 0.1) is 18.1 Å². The molecule has 0 saturated carbocycles. The van der Waals surface area contributed by atoms with Crippen molar-refractivity contribution in [2.24, 2.45) is 0 Å². The Morgan fingerprint density at radius 3 is 2.36 bits per heavy atom. The summed E-state index contributed by atoms with van der Waals surface area (Å²) in [5.74, 6) is 2.21. The second-order valence-electron chi connectivity index (χ2n) is 7.17. The molecule has 0 aliphatic carbocycles. The van der Waals surface area contributed by atoms with Crippen LogP contribution in [0.4, 0.5) is 0 Å². The number of hydrogen-bond acceptors (Lipinski definition) is 3. The number of rotatable bonds is 4. The first-order valence-electron chi connectivity index (χ1n) is 9.57. The lowest BCUT2D eigenvalue weighted by molar-refractivity contribution is 0.462. The standard InChI is InChI=1S/C22H21BrN4O/c23-17-3-7-19(8-4-17)28-18-5-1-16(2-6-18)21-14-27-22(26-21)20(13-25-27)15-9-11-24-12-10-15/h1-8,13-15,24,26H,9-12H2. The maximum atomic E-state index is 5.91. The predicted molar refractivity (Wildman–Crippen MR) is 114 cm³/mol. The number of H-pyrrole nitrogens is 1. The van der Waals surface area contributed by atoms with Crippen LogP contribution in [-0.4, -0.2) is 27.7 Å². The van der Waals surface area contributed by atoms with Crippen LogP contribution in [0.1, 0.15) is 24.3 Å². The molecule has 3 heterocycles. The molecule has 0 bridgehead atoms. The predicted octanol–water partition coefficient (Wildman–Crippen LogP) is 5.35. The van der Waals surface area contributed by atoms with Gasteiger partial charge >= 0.3 is 0 Å².